The van der Waals surface area contributed by atoms with Gasteiger partial charge in [0, 0.05) is 37.3 Å². The number of guanidine groups is 1. The van der Waals surface area contributed by atoms with Crippen molar-refractivity contribution in [3.8, 4) is 0 Å². The first kappa shape index (κ1) is 18.7. The third-order valence-corrected chi connectivity index (χ3v) is 5.38. The quantitative estimate of drug-likeness (QED) is 0.536. The van der Waals surface area contributed by atoms with Crippen LogP contribution in [0.2, 0.25) is 0 Å². The van der Waals surface area contributed by atoms with Gasteiger partial charge in [0.05, 0.1) is 6.54 Å². The molecule has 0 bridgehead atoms. The molecule has 0 aromatic heterocycles. The molecule has 6 heteroatoms. The molecule has 1 aliphatic heterocycles. The summed E-state index contributed by atoms with van der Waals surface area (Å²) in [6.07, 6.45) is 6.65. The molecule has 1 saturated heterocycles. The third-order valence-electron chi connectivity index (χ3n) is 5.38. The molecule has 1 aromatic carbocycles. The van der Waals surface area contributed by atoms with E-state index in [9.17, 15) is 4.79 Å². The second kappa shape index (κ2) is 9.03. The number of rotatable bonds is 6. The average molecular weight is 358 g/mol. The van der Waals surface area contributed by atoms with Crippen LogP contribution < -0.4 is 16.4 Å². The van der Waals surface area contributed by atoms with Crippen LogP contribution in [0.5, 0.6) is 0 Å². The minimum absolute atomic E-state index is 0.404. The number of hydrogen-bond donors (Lipinski definition) is 3. The van der Waals surface area contributed by atoms with Gasteiger partial charge < -0.3 is 16.4 Å². The summed E-state index contributed by atoms with van der Waals surface area (Å²) in [4.78, 5) is 18.7. The van der Waals surface area contributed by atoms with Gasteiger partial charge in [0.25, 0.3) is 0 Å². The summed E-state index contributed by atoms with van der Waals surface area (Å²) in [6, 6.07) is 8.60. The van der Waals surface area contributed by atoms with Gasteiger partial charge in [-0.15, -0.1) is 0 Å². The SMILES string of the molecule is CCNC(=NCc1cccc(C(N)=O)c1)NC1CCN(C2CCCC2)C1. The number of likely N-dealkylation sites (tertiary alicyclic amines) is 1. The van der Waals surface area contributed by atoms with Crippen LogP contribution in [-0.4, -0.2) is 48.5 Å². The molecule has 1 aromatic rings. The van der Waals surface area contributed by atoms with Crippen molar-refractivity contribution in [1.29, 1.82) is 0 Å². The first-order chi connectivity index (χ1) is 12.7. The van der Waals surface area contributed by atoms with Gasteiger partial charge in [-0.3, -0.25) is 9.69 Å². The van der Waals surface area contributed by atoms with Gasteiger partial charge >= 0.3 is 0 Å². The maximum absolute atomic E-state index is 11.3. The van der Waals surface area contributed by atoms with E-state index in [2.05, 4.69) is 22.5 Å². The van der Waals surface area contributed by atoms with Gasteiger partial charge in [-0.25, -0.2) is 4.99 Å². The molecule has 0 spiro atoms. The van der Waals surface area contributed by atoms with Gasteiger partial charge in [-0.1, -0.05) is 25.0 Å². The molecule has 4 N–H and O–H groups in total. The Morgan fingerprint density at radius 1 is 1.31 bits per heavy atom. The van der Waals surface area contributed by atoms with E-state index in [1.807, 2.05) is 18.2 Å². The van der Waals surface area contributed by atoms with Gasteiger partial charge in [0.15, 0.2) is 5.96 Å². The molecule has 2 aliphatic rings. The van der Waals surface area contributed by atoms with Crippen LogP contribution in [0.25, 0.3) is 0 Å². The van der Waals surface area contributed by atoms with Crippen LogP contribution in [0.4, 0.5) is 0 Å². The molecule has 1 heterocycles. The maximum atomic E-state index is 11.3. The smallest absolute Gasteiger partial charge is 0.248 e. The summed E-state index contributed by atoms with van der Waals surface area (Å²) in [7, 11) is 0. The van der Waals surface area contributed by atoms with E-state index >= 15 is 0 Å². The average Bonchev–Trinajstić information content (AvgIpc) is 3.31. The van der Waals surface area contributed by atoms with Crippen molar-refractivity contribution in [2.24, 2.45) is 10.7 Å². The fourth-order valence-electron chi connectivity index (χ4n) is 4.01. The summed E-state index contributed by atoms with van der Waals surface area (Å²) < 4.78 is 0. The van der Waals surface area contributed by atoms with Gasteiger partial charge in [-0.2, -0.15) is 0 Å². The highest BCUT2D eigenvalue weighted by Gasteiger charge is 2.30. The molecule has 0 radical (unpaired) electrons. The lowest BCUT2D eigenvalue weighted by molar-refractivity contribution is 0.1000. The number of nitrogens with two attached hydrogens (primary N) is 1. The van der Waals surface area contributed by atoms with Gasteiger partial charge in [0.1, 0.15) is 0 Å². The van der Waals surface area contributed by atoms with E-state index in [1.165, 1.54) is 32.2 Å². The van der Waals surface area contributed by atoms with Gasteiger partial charge in [0.2, 0.25) is 5.91 Å². The lowest BCUT2D eigenvalue weighted by Crippen LogP contribution is -2.45. The topological polar surface area (TPSA) is 82.7 Å². The summed E-state index contributed by atoms with van der Waals surface area (Å²) >= 11 is 0. The number of primary amides is 1. The zero-order valence-corrected chi connectivity index (χ0v) is 15.7. The largest absolute Gasteiger partial charge is 0.366 e. The fourth-order valence-corrected chi connectivity index (χ4v) is 4.01. The first-order valence-corrected chi connectivity index (χ1v) is 9.83. The van der Waals surface area contributed by atoms with E-state index < -0.39 is 5.91 Å². The zero-order valence-electron chi connectivity index (χ0n) is 15.7. The molecule has 1 unspecified atom stereocenters. The van der Waals surface area contributed by atoms with Crippen LogP contribution in [0.3, 0.4) is 0 Å². The van der Waals surface area contributed by atoms with Crippen LogP contribution >= 0.6 is 0 Å². The number of hydrogen-bond acceptors (Lipinski definition) is 3. The highest BCUT2D eigenvalue weighted by molar-refractivity contribution is 5.92. The zero-order chi connectivity index (χ0) is 18.4. The Kier molecular flexibility index (Phi) is 6.50. The van der Waals surface area contributed by atoms with Gasteiger partial charge in [-0.05, 0) is 43.9 Å². The Bertz CT molecular complexity index is 639. The Morgan fingerprint density at radius 2 is 2.12 bits per heavy atom. The Balaban J connectivity index is 1.57. The highest BCUT2D eigenvalue weighted by atomic mass is 16.1. The van der Waals surface area contributed by atoms with E-state index in [0.717, 1.165) is 37.1 Å². The number of aliphatic imine (C=N–C) groups is 1. The van der Waals surface area contributed by atoms with Crippen molar-refractivity contribution in [1.82, 2.24) is 15.5 Å². The molecule has 1 aliphatic carbocycles. The van der Waals surface area contributed by atoms with Crippen molar-refractivity contribution in [3.05, 3.63) is 35.4 Å². The number of nitrogens with zero attached hydrogens (tertiary/aromatic N) is 2. The molecule has 26 heavy (non-hydrogen) atoms. The van der Waals surface area contributed by atoms with Crippen LogP contribution in [0.1, 0.15) is 54.9 Å². The summed E-state index contributed by atoms with van der Waals surface area (Å²) in [5.41, 5.74) is 6.87. The number of nitrogens with one attached hydrogen (secondary N) is 2. The second-order valence-corrected chi connectivity index (χ2v) is 7.32. The normalized spacial score (nSPS) is 21.9. The third kappa shape index (κ3) is 4.97. The lowest BCUT2D eigenvalue weighted by Gasteiger charge is -2.24. The number of amides is 1. The monoisotopic (exact) mass is 357 g/mol. The van der Waals surface area contributed by atoms with Crippen molar-refractivity contribution in [3.63, 3.8) is 0 Å². The molecule has 142 valence electrons. The Labute approximate surface area is 156 Å². The summed E-state index contributed by atoms with van der Waals surface area (Å²) in [5.74, 6) is 0.439. The summed E-state index contributed by atoms with van der Waals surface area (Å²) in [6.45, 7) is 5.71. The number of benzene rings is 1. The molecule has 1 saturated carbocycles. The van der Waals surface area contributed by atoms with Crippen LogP contribution in [0, 0.1) is 0 Å². The van der Waals surface area contributed by atoms with E-state index in [-0.39, 0.29) is 0 Å². The molecule has 3 rings (SSSR count). The number of carbonyl (C=O) groups excluding carboxylic acids is 1. The standard InChI is InChI=1S/C20H31N5O/c1-2-22-20(23-13-15-6-5-7-16(12-15)19(21)26)24-17-10-11-25(14-17)18-8-3-4-9-18/h5-7,12,17-18H,2-4,8-11,13-14H2,1H3,(H2,21,26)(H2,22,23,24). The first-order valence-electron chi connectivity index (χ1n) is 9.83. The molecule has 1 atom stereocenters. The Hall–Kier alpha value is -2.08. The minimum atomic E-state index is -0.404. The predicted octanol–water partition coefficient (Wildman–Crippen LogP) is 1.86. The number of carbonyl (C=O) groups is 1. The maximum Gasteiger partial charge on any atom is 0.248 e. The van der Waals surface area contributed by atoms with E-state index in [0.29, 0.717) is 18.2 Å². The van der Waals surface area contributed by atoms with Crippen molar-refractivity contribution < 1.29 is 4.79 Å². The van der Waals surface area contributed by atoms with Crippen molar-refractivity contribution >= 4 is 11.9 Å². The van der Waals surface area contributed by atoms with Crippen molar-refractivity contribution in [2.45, 2.75) is 57.7 Å². The Morgan fingerprint density at radius 3 is 2.85 bits per heavy atom. The summed E-state index contributed by atoms with van der Waals surface area (Å²) in [5, 5.41) is 6.91. The molecule has 1 amide bonds. The van der Waals surface area contributed by atoms with Crippen LogP contribution in [-0.2, 0) is 6.54 Å². The predicted molar refractivity (Wildman–Crippen MR) is 105 cm³/mol. The molecule has 2 fully saturated rings. The van der Waals surface area contributed by atoms with E-state index in [4.69, 9.17) is 10.7 Å². The van der Waals surface area contributed by atoms with Crippen molar-refractivity contribution in [2.75, 3.05) is 19.6 Å². The van der Waals surface area contributed by atoms with E-state index in [1.54, 1.807) is 6.07 Å². The van der Waals surface area contributed by atoms with Crippen LogP contribution in [0.15, 0.2) is 29.3 Å². The minimum Gasteiger partial charge on any atom is -0.366 e. The molecule has 6 nitrogen and oxygen atoms in total. The highest BCUT2D eigenvalue weighted by Crippen LogP contribution is 2.26. The lowest BCUT2D eigenvalue weighted by atomic mass is 10.1. The molecular formula is C20H31N5O. The molecular weight excluding hydrogens is 326 g/mol. The second-order valence-electron chi connectivity index (χ2n) is 7.32. The fraction of sp³-hybridized carbons (Fsp3) is 0.600.